The van der Waals surface area contributed by atoms with Crippen LogP contribution in [0.2, 0.25) is 0 Å². The van der Waals surface area contributed by atoms with Gasteiger partial charge in [0.1, 0.15) is 11.6 Å². The minimum Gasteiger partial charge on any atom is -0.508 e. The average molecular weight is 411 g/mol. The van der Waals surface area contributed by atoms with E-state index in [1.807, 2.05) is 0 Å². The van der Waals surface area contributed by atoms with Crippen molar-refractivity contribution in [2.45, 2.75) is 31.8 Å². The fourth-order valence-electron chi connectivity index (χ4n) is 3.78. The molecule has 0 amide bonds. The Bertz CT molecular complexity index is 1080. The van der Waals surface area contributed by atoms with Crippen LogP contribution >= 0.6 is 0 Å². The highest BCUT2D eigenvalue weighted by Crippen LogP contribution is 2.42. The molecule has 0 unspecified atom stereocenters. The molecule has 1 saturated heterocycles. The number of nitrogens with zero attached hydrogens (tertiary/aromatic N) is 1. The maximum atomic E-state index is 13.6. The molecule has 2 N–H and O–H groups in total. The first-order valence-corrected chi connectivity index (χ1v) is 9.84. The fraction of sp³-hybridized carbons (Fsp3) is 0.304. The summed E-state index contributed by atoms with van der Waals surface area (Å²) in [7, 11) is 0. The van der Waals surface area contributed by atoms with Crippen molar-refractivity contribution in [2.24, 2.45) is 0 Å². The number of pyridine rings is 1. The maximum Gasteiger partial charge on any atom is 0.344 e. The van der Waals surface area contributed by atoms with Gasteiger partial charge in [0, 0.05) is 30.1 Å². The Morgan fingerprint density at radius 2 is 1.87 bits per heavy atom. The van der Waals surface area contributed by atoms with Gasteiger partial charge in [0.2, 0.25) is 5.88 Å². The van der Waals surface area contributed by atoms with Crippen molar-refractivity contribution >= 4 is 16.7 Å². The first-order chi connectivity index (χ1) is 14.4. The van der Waals surface area contributed by atoms with Crippen LogP contribution in [0.5, 0.6) is 11.6 Å². The number of carboxylic acid groups (broad SMARTS) is 1. The smallest absolute Gasteiger partial charge is 0.344 e. The first-order valence-electron chi connectivity index (χ1n) is 9.84. The molecular formula is C23H22FNO5. The zero-order valence-electron chi connectivity index (χ0n) is 16.5. The van der Waals surface area contributed by atoms with Crippen molar-refractivity contribution in [3.8, 4) is 22.8 Å². The van der Waals surface area contributed by atoms with E-state index in [-0.39, 0.29) is 23.4 Å². The average Bonchev–Trinajstić information content (AvgIpc) is 2.75. The second-order valence-electron chi connectivity index (χ2n) is 7.40. The third-order valence-electron chi connectivity index (χ3n) is 5.36. The molecule has 0 bridgehead atoms. The molecular weight excluding hydrogens is 389 g/mol. The van der Waals surface area contributed by atoms with Crippen molar-refractivity contribution in [3.63, 3.8) is 0 Å². The largest absolute Gasteiger partial charge is 0.508 e. The molecule has 4 rings (SSSR count). The van der Waals surface area contributed by atoms with E-state index in [2.05, 4.69) is 0 Å². The summed E-state index contributed by atoms with van der Waals surface area (Å²) in [4.78, 5) is 16.1. The number of aromatic hydroxyl groups is 1. The van der Waals surface area contributed by atoms with Crippen LogP contribution in [0.15, 0.2) is 42.5 Å². The number of aromatic nitrogens is 1. The van der Waals surface area contributed by atoms with Gasteiger partial charge < -0.3 is 19.7 Å². The van der Waals surface area contributed by atoms with E-state index in [0.717, 1.165) is 35.0 Å². The quantitative estimate of drug-likeness (QED) is 0.643. The highest BCUT2D eigenvalue weighted by Gasteiger charge is 2.26. The van der Waals surface area contributed by atoms with Gasteiger partial charge in [0.15, 0.2) is 6.10 Å². The Hall–Kier alpha value is -3.19. The fourth-order valence-corrected chi connectivity index (χ4v) is 3.78. The molecule has 0 spiro atoms. The van der Waals surface area contributed by atoms with Gasteiger partial charge in [-0.3, -0.25) is 0 Å². The van der Waals surface area contributed by atoms with Crippen LogP contribution in [0.4, 0.5) is 4.39 Å². The van der Waals surface area contributed by atoms with E-state index in [0.29, 0.717) is 18.6 Å². The van der Waals surface area contributed by atoms with Crippen LogP contribution < -0.4 is 4.74 Å². The third kappa shape index (κ3) is 3.93. The molecule has 30 heavy (non-hydrogen) atoms. The molecule has 1 atom stereocenters. The van der Waals surface area contributed by atoms with Gasteiger partial charge in [-0.05, 0) is 61.0 Å². The second kappa shape index (κ2) is 8.28. The van der Waals surface area contributed by atoms with Gasteiger partial charge >= 0.3 is 5.97 Å². The Balaban J connectivity index is 1.98. The summed E-state index contributed by atoms with van der Waals surface area (Å²) >= 11 is 0. The highest BCUT2D eigenvalue weighted by atomic mass is 19.1. The summed E-state index contributed by atoms with van der Waals surface area (Å²) < 4.78 is 24.7. The molecule has 2 aromatic carbocycles. The van der Waals surface area contributed by atoms with E-state index in [1.54, 1.807) is 24.3 Å². The van der Waals surface area contributed by atoms with Gasteiger partial charge in [-0.15, -0.1) is 0 Å². The summed E-state index contributed by atoms with van der Waals surface area (Å²) in [6.45, 7) is 2.63. The number of benzene rings is 2. The molecule has 0 saturated carbocycles. The first kappa shape index (κ1) is 20.1. The monoisotopic (exact) mass is 411 g/mol. The molecule has 1 aliphatic rings. The highest BCUT2D eigenvalue weighted by molar-refractivity contribution is 6.01. The van der Waals surface area contributed by atoms with Crippen molar-refractivity contribution in [1.29, 1.82) is 0 Å². The summed E-state index contributed by atoms with van der Waals surface area (Å²) in [5, 5.41) is 20.6. The minimum absolute atomic E-state index is 0.0148. The van der Waals surface area contributed by atoms with Crippen molar-refractivity contribution in [1.82, 2.24) is 4.98 Å². The van der Waals surface area contributed by atoms with Crippen LogP contribution in [0.3, 0.4) is 0 Å². The number of carboxylic acids is 1. The lowest BCUT2D eigenvalue weighted by atomic mass is 9.87. The van der Waals surface area contributed by atoms with E-state index >= 15 is 0 Å². The molecule has 3 aromatic rings. The normalized spacial score (nSPS) is 15.8. The SMILES string of the molecule is C[C@@H](Oc1nc(C2CCOCC2)c(-c2ccc(F)cc2)c2ccc(O)cc12)C(=O)O. The third-order valence-corrected chi connectivity index (χ3v) is 5.36. The van der Waals surface area contributed by atoms with Gasteiger partial charge in [0.05, 0.1) is 5.69 Å². The molecule has 1 aliphatic heterocycles. The molecule has 0 aliphatic carbocycles. The van der Waals surface area contributed by atoms with E-state index in [4.69, 9.17) is 14.5 Å². The topological polar surface area (TPSA) is 88.9 Å². The van der Waals surface area contributed by atoms with Crippen LogP contribution in [0, 0.1) is 5.82 Å². The van der Waals surface area contributed by atoms with Crippen molar-refractivity contribution in [3.05, 3.63) is 54.0 Å². The van der Waals surface area contributed by atoms with E-state index in [1.165, 1.54) is 25.1 Å². The molecule has 1 fully saturated rings. The molecule has 7 heteroatoms. The standard InChI is InChI=1S/C23H22FNO5/c1-13(23(27)28)30-22-19-12-17(26)6-7-18(19)20(14-2-4-16(24)5-3-14)21(25-22)15-8-10-29-11-9-15/h2-7,12-13,15,26H,8-11H2,1H3,(H,27,28)/t13-/m1/s1. The summed E-state index contributed by atoms with van der Waals surface area (Å²) in [5.74, 6) is -1.19. The summed E-state index contributed by atoms with van der Waals surface area (Å²) in [6, 6.07) is 11.0. The zero-order valence-corrected chi connectivity index (χ0v) is 16.5. The minimum atomic E-state index is -1.11. The lowest BCUT2D eigenvalue weighted by molar-refractivity contribution is -0.144. The summed E-state index contributed by atoms with van der Waals surface area (Å²) in [5.41, 5.74) is 2.38. The Kier molecular flexibility index (Phi) is 5.55. The van der Waals surface area contributed by atoms with Crippen LogP contribution in [0.25, 0.3) is 21.9 Å². The Labute approximate surface area is 172 Å². The molecule has 0 radical (unpaired) electrons. The lowest BCUT2D eigenvalue weighted by Crippen LogP contribution is -2.24. The number of phenols is 1. The predicted octanol–water partition coefficient (Wildman–Crippen LogP) is 4.49. The van der Waals surface area contributed by atoms with Crippen molar-refractivity contribution in [2.75, 3.05) is 13.2 Å². The van der Waals surface area contributed by atoms with Crippen LogP contribution in [0.1, 0.15) is 31.4 Å². The molecule has 156 valence electrons. The number of rotatable bonds is 5. The van der Waals surface area contributed by atoms with Gasteiger partial charge in [-0.2, -0.15) is 0 Å². The number of hydrogen-bond acceptors (Lipinski definition) is 5. The van der Waals surface area contributed by atoms with E-state index < -0.39 is 12.1 Å². The maximum absolute atomic E-state index is 13.6. The number of hydrogen-bond donors (Lipinski definition) is 2. The van der Waals surface area contributed by atoms with E-state index in [9.17, 15) is 19.4 Å². The Morgan fingerprint density at radius 3 is 2.53 bits per heavy atom. The van der Waals surface area contributed by atoms with Gasteiger partial charge in [-0.1, -0.05) is 12.1 Å². The summed E-state index contributed by atoms with van der Waals surface area (Å²) in [6.07, 6.45) is 0.416. The van der Waals surface area contributed by atoms with Gasteiger partial charge in [-0.25, -0.2) is 14.2 Å². The number of aliphatic carboxylic acids is 1. The number of ether oxygens (including phenoxy) is 2. The van der Waals surface area contributed by atoms with Crippen LogP contribution in [-0.4, -0.2) is 40.5 Å². The molecule has 1 aromatic heterocycles. The van der Waals surface area contributed by atoms with Crippen molar-refractivity contribution < 1.29 is 28.9 Å². The predicted molar refractivity (Wildman–Crippen MR) is 109 cm³/mol. The second-order valence-corrected chi connectivity index (χ2v) is 7.40. The van der Waals surface area contributed by atoms with Crippen LogP contribution in [-0.2, 0) is 9.53 Å². The molecule has 2 heterocycles. The lowest BCUT2D eigenvalue weighted by Gasteiger charge is -2.26. The number of halogens is 1. The van der Waals surface area contributed by atoms with Gasteiger partial charge in [0.25, 0.3) is 0 Å². The number of phenolic OH excluding ortho intramolecular Hbond substituents is 1. The number of carbonyl (C=O) groups is 1. The zero-order chi connectivity index (χ0) is 21.3. The number of fused-ring (bicyclic) bond motifs is 1. The molecule has 6 nitrogen and oxygen atoms in total. The Morgan fingerprint density at radius 1 is 1.17 bits per heavy atom.